The van der Waals surface area contributed by atoms with E-state index in [0.717, 1.165) is 18.6 Å². The molecule has 26 heavy (non-hydrogen) atoms. The second kappa shape index (κ2) is 6.93. The van der Waals surface area contributed by atoms with Crippen LogP contribution in [-0.2, 0) is 13.6 Å². The Morgan fingerprint density at radius 2 is 2.00 bits per heavy atom. The number of imidazole rings is 1. The molecule has 8 nitrogen and oxygen atoms in total. The zero-order chi connectivity index (χ0) is 19.0. The van der Waals surface area contributed by atoms with Crippen LogP contribution in [0.3, 0.4) is 0 Å². The van der Waals surface area contributed by atoms with Gasteiger partial charge in [0.05, 0.1) is 18.3 Å². The maximum atomic E-state index is 13.1. The van der Waals surface area contributed by atoms with Gasteiger partial charge in [-0.2, -0.15) is 10.1 Å². The molecule has 3 heterocycles. The molecule has 0 radical (unpaired) electrons. The molecule has 0 amide bonds. The minimum atomic E-state index is -0.323. The van der Waals surface area contributed by atoms with Crippen LogP contribution in [0.1, 0.15) is 46.6 Å². The highest BCUT2D eigenvalue weighted by atomic mass is 16.2. The first-order chi connectivity index (χ1) is 12.4. The maximum Gasteiger partial charge on any atom is 0.332 e. The molecule has 1 aliphatic heterocycles. The molecule has 8 heteroatoms. The number of fused-ring (bicyclic) bond motifs is 3. The zero-order valence-electron chi connectivity index (χ0n) is 16.1. The minimum absolute atomic E-state index is 0.0957. The predicted molar refractivity (Wildman–Crippen MR) is 104 cm³/mol. The van der Waals surface area contributed by atoms with Gasteiger partial charge in [-0.05, 0) is 27.2 Å². The van der Waals surface area contributed by atoms with E-state index in [2.05, 4.69) is 10.1 Å². The molecule has 1 atom stereocenters. The molecule has 0 fully saturated rings. The zero-order valence-corrected chi connectivity index (χ0v) is 16.1. The molecule has 0 spiro atoms. The minimum Gasteiger partial charge on any atom is -0.294 e. The van der Waals surface area contributed by atoms with E-state index in [0.29, 0.717) is 30.2 Å². The lowest BCUT2D eigenvalue weighted by molar-refractivity contribution is 0.563. The number of hydrogen-bond acceptors (Lipinski definition) is 5. The normalized spacial score (nSPS) is 17.2. The van der Waals surface area contributed by atoms with E-state index in [1.807, 2.05) is 44.4 Å². The van der Waals surface area contributed by atoms with Gasteiger partial charge in [-0.25, -0.2) is 9.80 Å². The van der Waals surface area contributed by atoms with Crippen molar-refractivity contribution < 1.29 is 0 Å². The summed E-state index contributed by atoms with van der Waals surface area (Å²) in [5.41, 5.74) is 1.17. The van der Waals surface area contributed by atoms with Gasteiger partial charge in [0.25, 0.3) is 5.56 Å². The Hall–Kier alpha value is -2.64. The first kappa shape index (κ1) is 18.2. The third kappa shape index (κ3) is 2.69. The standard InChI is InChI=1S/C18H26N6O2/c1-6-8-10-22-16(25)14-15(21(5)18(22)26)19-17-23(11-9-7-2)20-12(3)13(4)24(14)17/h7,9,13H,6,8,10-11H2,1-5H3/b9-7-/t13-/m1/s1. The average Bonchev–Trinajstić information content (AvgIpc) is 3.03. The molecule has 3 rings (SSSR count). The van der Waals surface area contributed by atoms with E-state index in [1.54, 1.807) is 12.1 Å². The van der Waals surface area contributed by atoms with E-state index < -0.39 is 0 Å². The van der Waals surface area contributed by atoms with Crippen molar-refractivity contribution in [3.05, 3.63) is 33.0 Å². The molecular weight excluding hydrogens is 332 g/mol. The van der Waals surface area contributed by atoms with Gasteiger partial charge in [-0.3, -0.25) is 18.5 Å². The number of aromatic nitrogens is 4. The first-order valence-electron chi connectivity index (χ1n) is 9.07. The monoisotopic (exact) mass is 358 g/mol. The highest BCUT2D eigenvalue weighted by Crippen LogP contribution is 2.29. The molecule has 0 saturated heterocycles. The van der Waals surface area contributed by atoms with E-state index in [-0.39, 0.29) is 17.3 Å². The fourth-order valence-electron chi connectivity index (χ4n) is 3.22. The fraction of sp³-hybridized carbons (Fsp3) is 0.556. The van der Waals surface area contributed by atoms with Crippen molar-refractivity contribution in [1.82, 2.24) is 18.7 Å². The van der Waals surface area contributed by atoms with Gasteiger partial charge in [0.1, 0.15) is 0 Å². The van der Waals surface area contributed by atoms with Gasteiger partial charge in [0.2, 0.25) is 5.95 Å². The van der Waals surface area contributed by atoms with E-state index in [4.69, 9.17) is 0 Å². The summed E-state index contributed by atoms with van der Waals surface area (Å²) in [6.45, 7) is 8.90. The van der Waals surface area contributed by atoms with Crippen LogP contribution in [0.5, 0.6) is 0 Å². The molecule has 2 aromatic heterocycles. The van der Waals surface area contributed by atoms with E-state index >= 15 is 0 Å². The number of rotatable bonds is 5. The highest BCUT2D eigenvalue weighted by Gasteiger charge is 2.30. The molecule has 0 bridgehead atoms. The molecule has 0 aliphatic carbocycles. The van der Waals surface area contributed by atoms with Gasteiger partial charge in [0.15, 0.2) is 11.2 Å². The number of nitrogens with zero attached hydrogens (tertiary/aromatic N) is 6. The van der Waals surface area contributed by atoms with Crippen molar-refractivity contribution in [1.29, 1.82) is 0 Å². The molecular formula is C18H26N6O2. The molecule has 0 unspecified atom stereocenters. The number of hydrazone groups is 1. The second-order valence-electron chi connectivity index (χ2n) is 6.67. The SMILES string of the molecule is C/C=C\CN1N=C(C)[C@@H](C)n2c1nc1c2c(=O)n(CCCC)c(=O)n1C. The van der Waals surface area contributed by atoms with Crippen LogP contribution in [0, 0.1) is 0 Å². The van der Waals surface area contributed by atoms with Crippen molar-refractivity contribution in [3.63, 3.8) is 0 Å². The van der Waals surface area contributed by atoms with Crippen molar-refractivity contribution in [2.45, 2.75) is 53.1 Å². The third-order valence-electron chi connectivity index (χ3n) is 4.91. The van der Waals surface area contributed by atoms with E-state index in [9.17, 15) is 9.59 Å². The third-order valence-corrected chi connectivity index (χ3v) is 4.91. The molecule has 0 aromatic carbocycles. The highest BCUT2D eigenvalue weighted by molar-refractivity contribution is 5.91. The van der Waals surface area contributed by atoms with Gasteiger partial charge in [-0.1, -0.05) is 25.5 Å². The van der Waals surface area contributed by atoms with Crippen LogP contribution < -0.4 is 16.3 Å². The lowest BCUT2D eigenvalue weighted by Gasteiger charge is -2.28. The average molecular weight is 358 g/mol. The summed E-state index contributed by atoms with van der Waals surface area (Å²) in [7, 11) is 1.67. The number of aryl methyl sites for hydroxylation is 1. The van der Waals surface area contributed by atoms with Gasteiger partial charge >= 0.3 is 5.69 Å². The smallest absolute Gasteiger partial charge is 0.294 e. The summed E-state index contributed by atoms with van der Waals surface area (Å²) in [5, 5.41) is 6.38. The number of unbranched alkanes of at least 4 members (excludes halogenated alkanes) is 1. The summed E-state index contributed by atoms with van der Waals surface area (Å²) < 4.78 is 4.70. The number of allylic oxidation sites excluding steroid dienone is 1. The Bertz CT molecular complexity index is 1010. The van der Waals surface area contributed by atoms with Crippen LogP contribution in [0.15, 0.2) is 26.8 Å². The Kier molecular flexibility index (Phi) is 4.84. The van der Waals surface area contributed by atoms with Crippen molar-refractivity contribution >= 4 is 22.8 Å². The fourth-order valence-corrected chi connectivity index (χ4v) is 3.22. The lowest BCUT2D eigenvalue weighted by Crippen LogP contribution is -2.40. The summed E-state index contributed by atoms with van der Waals surface area (Å²) in [5.74, 6) is 0.594. The second-order valence-corrected chi connectivity index (χ2v) is 6.67. The molecule has 0 N–H and O–H groups in total. The van der Waals surface area contributed by atoms with Gasteiger partial charge < -0.3 is 0 Å². The Morgan fingerprint density at radius 3 is 2.65 bits per heavy atom. The lowest BCUT2D eigenvalue weighted by atomic mass is 10.2. The predicted octanol–water partition coefficient (Wildman–Crippen LogP) is 2.03. The van der Waals surface area contributed by atoms with Crippen LogP contribution in [0.2, 0.25) is 0 Å². The summed E-state index contributed by atoms with van der Waals surface area (Å²) in [6, 6.07) is -0.0957. The van der Waals surface area contributed by atoms with Crippen molar-refractivity contribution in [3.8, 4) is 0 Å². The van der Waals surface area contributed by atoms with Crippen molar-refractivity contribution in [2.24, 2.45) is 12.1 Å². The maximum absolute atomic E-state index is 13.1. The molecule has 2 aromatic rings. The Balaban J connectivity index is 2.32. The van der Waals surface area contributed by atoms with Gasteiger partial charge in [0, 0.05) is 13.6 Å². The molecule has 1 aliphatic rings. The first-order valence-corrected chi connectivity index (χ1v) is 9.07. The quantitative estimate of drug-likeness (QED) is 0.766. The summed E-state index contributed by atoms with van der Waals surface area (Å²) >= 11 is 0. The molecule has 0 saturated carbocycles. The topological polar surface area (TPSA) is 77.4 Å². The van der Waals surface area contributed by atoms with Crippen LogP contribution in [0.25, 0.3) is 11.2 Å². The number of anilines is 1. The van der Waals surface area contributed by atoms with Crippen LogP contribution >= 0.6 is 0 Å². The van der Waals surface area contributed by atoms with Crippen LogP contribution in [-0.4, -0.2) is 30.9 Å². The number of hydrogen-bond donors (Lipinski definition) is 0. The van der Waals surface area contributed by atoms with Crippen molar-refractivity contribution in [2.75, 3.05) is 11.6 Å². The Morgan fingerprint density at radius 1 is 1.27 bits per heavy atom. The summed E-state index contributed by atoms with van der Waals surface area (Å²) in [6.07, 6.45) is 5.63. The molecule has 140 valence electrons. The van der Waals surface area contributed by atoms with E-state index in [1.165, 1.54) is 9.13 Å². The largest absolute Gasteiger partial charge is 0.332 e. The van der Waals surface area contributed by atoms with Crippen LogP contribution in [0.4, 0.5) is 5.95 Å². The Labute approximate surface area is 152 Å². The summed E-state index contributed by atoms with van der Waals surface area (Å²) in [4.78, 5) is 30.4. The van der Waals surface area contributed by atoms with Gasteiger partial charge in [-0.15, -0.1) is 0 Å².